The predicted octanol–water partition coefficient (Wildman–Crippen LogP) is 2.76. The summed E-state index contributed by atoms with van der Waals surface area (Å²) >= 11 is 0. The average Bonchev–Trinajstić information content (AvgIpc) is 2.66. The van der Waals surface area contributed by atoms with Crippen LogP contribution in [0.5, 0.6) is 0 Å². The summed E-state index contributed by atoms with van der Waals surface area (Å²) in [6, 6.07) is 6.86. The van der Waals surface area contributed by atoms with E-state index in [9.17, 15) is 18.0 Å². The number of nitrogens with one attached hydrogen (secondary N) is 2. The average molecular weight is 454 g/mol. The van der Waals surface area contributed by atoms with E-state index in [1.807, 2.05) is 13.8 Å². The highest BCUT2D eigenvalue weighted by atomic mass is 32.2. The molecule has 0 radical (unpaired) electrons. The van der Waals surface area contributed by atoms with Crippen LogP contribution in [0, 0.1) is 0 Å². The maximum Gasteiger partial charge on any atom is 0.254 e. The molecule has 0 spiro atoms. The van der Waals surface area contributed by atoms with E-state index in [0.717, 1.165) is 0 Å². The number of carbonyl (C=O) groups excluding carboxylic acids is 2. The molecular formula is C22H35N3O5S. The number of ether oxygens (including phenoxy) is 1. The van der Waals surface area contributed by atoms with Crippen molar-refractivity contribution in [3.63, 3.8) is 0 Å². The van der Waals surface area contributed by atoms with Gasteiger partial charge in [0.05, 0.1) is 17.0 Å². The minimum absolute atomic E-state index is 0.00929. The van der Waals surface area contributed by atoms with Gasteiger partial charge in [0.2, 0.25) is 15.9 Å². The highest BCUT2D eigenvalue weighted by molar-refractivity contribution is 7.90. The van der Waals surface area contributed by atoms with E-state index in [1.54, 1.807) is 49.9 Å². The van der Waals surface area contributed by atoms with Crippen LogP contribution in [0.3, 0.4) is 0 Å². The Bertz CT molecular complexity index is 852. The fourth-order valence-corrected chi connectivity index (χ4v) is 4.13. The number of benzene rings is 1. The van der Waals surface area contributed by atoms with Crippen molar-refractivity contribution in [1.29, 1.82) is 0 Å². The summed E-state index contributed by atoms with van der Waals surface area (Å²) in [5, 5.41) is 2.81. The van der Waals surface area contributed by atoms with E-state index >= 15 is 0 Å². The van der Waals surface area contributed by atoms with Crippen LogP contribution in [-0.2, 0) is 19.6 Å². The van der Waals surface area contributed by atoms with Crippen LogP contribution in [0.4, 0.5) is 5.69 Å². The van der Waals surface area contributed by atoms with Gasteiger partial charge in [-0.25, -0.2) is 13.1 Å². The molecule has 1 aromatic rings. The molecule has 0 aliphatic carbocycles. The van der Waals surface area contributed by atoms with E-state index in [2.05, 4.69) is 10.0 Å². The molecule has 1 aromatic carbocycles. The smallest absolute Gasteiger partial charge is 0.254 e. The molecule has 31 heavy (non-hydrogen) atoms. The molecule has 1 aliphatic heterocycles. The lowest BCUT2D eigenvalue weighted by atomic mass is 10.1. The molecule has 0 bridgehead atoms. The molecule has 174 valence electrons. The van der Waals surface area contributed by atoms with Crippen LogP contribution < -0.4 is 10.0 Å². The first-order valence-electron chi connectivity index (χ1n) is 10.7. The topological polar surface area (TPSA) is 105 Å². The zero-order chi connectivity index (χ0) is 23.2. The molecule has 2 atom stereocenters. The minimum atomic E-state index is -3.36. The van der Waals surface area contributed by atoms with Crippen molar-refractivity contribution in [2.24, 2.45) is 0 Å². The molecule has 0 saturated carbocycles. The van der Waals surface area contributed by atoms with E-state index in [-0.39, 0.29) is 24.0 Å². The summed E-state index contributed by atoms with van der Waals surface area (Å²) in [4.78, 5) is 26.6. The van der Waals surface area contributed by atoms with Crippen LogP contribution in [-0.4, -0.2) is 61.7 Å². The van der Waals surface area contributed by atoms with Crippen molar-refractivity contribution in [2.45, 2.75) is 70.8 Å². The van der Waals surface area contributed by atoms with Gasteiger partial charge in [0, 0.05) is 37.3 Å². The number of rotatable bonds is 8. The number of hydrogen-bond acceptors (Lipinski definition) is 5. The van der Waals surface area contributed by atoms with Crippen molar-refractivity contribution >= 4 is 27.5 Å². The second-order valence-electron chi connectivity index (χ2n) is 9.06. The maximum absolute atomic E-state index is 12.7. The van der Waals surface area contributed by atoms with Gasteiger partial charge in [0.1, 0.15) is 0 Å². The molecule has 1 aliphatic rings. The molecular weight excluding hydrogens is 418 g/mol. The highest BCUT2D eigenvalue weighted by Gasteiger charge is 2.28. The largest absolute Gasteiger partial charge is 0.372 e. The van der Waals surface area contributed by atoms with Gasteiger partial charge in [-0.2, -0.15) is 0 Å². The number of unbranched alkanes of at least 4 members (excludes halogenated alkanes) is 1. The molecule has 9 heteroatoms. The SMILES string of the molecule is CC1CN(C(=O)c2ccc(NC(=O)CCCCNS(=O)(=O)C(C)(C)C)cc2)CC(C)O1. The third-order valence-electron chi connectivity index (χ3n) is 5.05. The van der Waals surface area contributed by atoms with E-state index in [4.69, 9.17) is 4.74 Å². The van der Waals surface area contributed by atoms with Crippen molar-refractivity contribution < 1.29 is 22.7 Å². The monoisotopic (exact) mass is 453 g/mol. The second kappa shape index (κ2) is 10.6. The Morgan fingerprint density at radius 1 is 1.06 bits per heavy atom. The van der Waals surface area contributed by atoms with E-state index in [0.29, 0.717) is 50.1 Å². The third-order valence-corrected chi connectivity index (χ3v) is 7.25. The Balaban J connectivity index is 1.76. The molecule has 2 unspecified atom stereocenters. The molecule has 2 N–H and O–H groups in total. The zero-order valence-electron chi connectivity index (χ0n) is 19.1. The standard InChI is InChI=1S/C22H35N3O5S/c1-16-14-25(15-17(2)30-16)21(27)18-9-11-19(12-10-18)24-20(26)8-6-7-13-23-31(28,29)22(3,4)5/h9-12,16-17,23H,6-8,13-15H2,1-5H3,(H,24,26). The molecule has 1 fully saturated rings. The van der Waals surface area contributed by atoms with Crippen LogP contribution in [0.25, 0.3) is 0 Å². The van der Waals surface area contributed by atoms with E-state index in [1.165, 1.54) is 0 Å². The fraction of sp³-hybridized carbons (Fsp3) is 0.636. The number of nitrogens with zero attached hydrogens (tertiary/aromatic N) is 1. The predicted molar refractivity (Wildman–Crippen MR) is 122 cm³/mol. The normalized spacial score (nSPS) is 19.8. The van der Waals surface area contributed by atoms with Crippen LogP contribution >= 0.6 is 0 Å². The lowest BCUT2D eigenvalue weighted by Crippen LogP contribution is -2.48. The lowest BCUT2D eigenvalue weighted by molar-refractivity contribution is -0.116. The maximum atomic E-state index is 12.7. The molecule has 2 rings (SSSR count). The van der Waals surface area contributed by atoms with Gasteiger partial charge in [-0.05, 0) is 71.7 Å². The quantitative estimate of drug-likeness (QED) is 0.589. The molecule has 2 amide bonds. The van der Waals surface area contributed by atoms with Gasteiger partial charge in [0.25, 0.3) is 5.91 Å². The minimum Gasteiger partial charge on any atom is -0.372 e. The molecule has 0 aromatic heterocycles. The number of anilines is 1. The zero-order valence-corrected chi connectivity index (χ0v) is 19.9. The summed E-state index contributed by atoms with van der Waals surface area (Å²) in [5.41, 5.74) is 1.20. The molecule has 1 saturated heterocycles. The van der Waals surface area contributed by atoms with Crippen LogP contribution in [0.1, 0.15) is 64.2 Å². The first kappa shape index (κ1) is 25.3. The van der Waals surface area contributed by atoms with Crippen molar-refractivity contribution in [3.8, 4) is 0 Å². The Kier molecular flexibility index (Phi) is 8.62. The Hall–Kier alpha value is -1.97. The fourth-order valence-electron chi connectivity index (χ4n) is 3.28. The van der Waals surface area contributed by atoms with Crippen LogP contribution in [0.2, 0.25) is 0 Å². The van der Waals surface area contributed by atoms with Crippen LogP contribution in [0.15, 0.2) is 24.3 Å². The van der Waals surface area contributed by atoms with Crippen molar-refractivity contribution in [3.05, 3.63) is 29.8 Å². The number of carbonyl (C=O) groups is 2. The van der Waals surface area contributed by atoms with Gasteiger partial charge in [-0.15, -0.1) is 0 Å². The Labute approximate surface area is 185 Å². The highest BCUT2D eigenvalue weighted by Crippen LogP contribution is 2.17. The van der Waals surface area contributed by atoms with Crippen molar-refractivity contribution in [1.82, 2.24) is 9.62 Å². The van der Waals surface area contributed by atoms with Crippen molar-refractivity contribution in [2.75, 3.05) is 25.0 Å². The number of amides is 2. The first-order valence-corrected chi connectivity index (χ1v) is 12.2. The number of morpholine rings is 1. The van der Waals surface area contributed by atoms with Gasteiger partial charge >= 0.3 is 0 Å². The second-order valence-corrected chi connectivity index (χ2v) is 11.6. The molecule has 8 nitrogen and oxygen atoms in total. The Morgan fingerprint density at radius 3 is 2.19 bits per heavy atom. The van der Waals surface area contributed by atoms with Gasteiger partial charge < -0.3 is 15.0 Å². The third kappa shape index (κ3) is 7.59. The Morgan fingerprint density at radius 2 is 1.65 bits per heavy atom. The lowest BCUT2D eigenvalue weighted by Gasteiger charge is -2.35. The first-order chi connectivity index (χ1) is 14.4. The summed E-state index contributed by atoms with van der Waals surface area (Å²) in [5.74, 6) is -0.189. The van der Waals surface area contributed by atoms with Gasteiger partial charge in [-0.1, -0.05) is 0 Å². The summed E-state index contributed by atoms with van der Waals surface area (Å²) < 4.78 is 31.3. The summed E-state index contributed by atoms with van der Waals surface area (Å²) in [6.07, 6.45) is 1.46. The summed E-state index contributed by atoms with van der Waals surface area (Å²) in [7, 11) is -3.36. The summed E-state index contributed by atoms with van der Waals surface area (Å²) in [6.45, 7) is 10.3. The number of hydrogen-bond donors (Lipinski definition) is 2. The number of sulfonamides is 1. The van der Waals surface area contributed by atoms with Gasteiger partial charge in [-0.3, -0.25) is 9.59 Å². The van der Waals surface area contributed by atoms with E-state index < -0.39 is 14.8 Å². The molecule has 1 heterocycles. The van der Waals surface area contributed by atoms with Gasteiger partial charge in [0.15, 0.2) is 0 Å².